The van der Waals surface area contributed by atoms with Crippen LogP contribution in [-0.4, -0.2) is 48.5 Å². The van der Waals surface area contributed by atoms with E-state index in [0.29, 0.717) is 6.54 Å². The van der Waals surface area contributed by atoms with Gasteiger partial charge in [-0.15, -0.1) is 0 Å². The van der Waals surface area contributed by atoms with Crippen molar-refractivity contribution in [1.29, 1.82) is 0 Å². The van der Waals surface area contributed by atoms with Gasteiger partial charge in [0.25, 0.3) is 5.91 Å². The first-order valence-corrected chi connectivity index (χ1v) is 6.93. The van der Waals surface area contributed by atoms with Crippen molar-refractivity contribution in [3.63, 3.8) is 0 Å². The molecule has 0 spiro atoms. The Labute approximate surface area is 123 Å². The molecule has 1 aliphatic rings. The first kappa shape index (κ1) is 15.2. The fourth-order valence-electron chi connectivity index (χ4n) is 2.39. The number of nitrogens with one attached hydrogen (secondary N) is 1. The van der Waals surface area contributed by atoms with Crippen molar-refractivity contribution in [2.24, 2.45) is 0 Å². The molecule has 0 saturated carbocycles. The molecule has 1 aromatic carbocycles. The van der Waals surface area contributed by atoms with Crippen molar-refractivity contribution in [1.82, 2.24) is 10.2 Å². The van der Waals surface area contributed by atoms with Crippen LogP contribution in [0.1, 0.15) is 23.7 Å². The van der Waals surface area contributed by atoms with Crippen molar-refractivity contribution < 1.29 is 14.5 Å². The maximum atomic E-state index is 12.7. The van der Waals surface area contributed by atoms with E-state index in [1.165, 1.54) is 19.2 Å². The van der Waals surface area contributed by atoms with Crippen molar-refractivity contribution in [3.8, 4) is 5.75 Å². The van der Waals surface area contributed by atoms with E-state index in [-0.39, 0.29) is 28.9 Å². The molecule has 1 heterocycles. The normalized spacial score (nSPS) is 14.4. The van der Waals surface area contributed by atoms with Gasteiger partial charge in [-0.1, -0.05) is 13.0 Å². The zero-order valence-corrected chi connectivity index (χ0v) is 12.2. The Morgan fingerprint density at radius 2 is 2.24 bits per heavy atom. The molecule has 1 N–H and O–H groups in total. The lowest BCUT2D eigenvalue weighted by Crippen LogP contribution is -2.59. The Bertz CT molecular complexity index is 543. The number of ether oxygens (including phenoxy) is 1. The highest BCUT2D eigenvalue weighted by atomic mass is 16.6. The number of amides is 1. The van der Waals surface area contributed by atoms with Gasteiger partial charge in [-0.3, -0.25) is 14.9 Å². The van der Waals surface area contributed by atoms with E-state index in [1.54, 1.807) is 11.0 Å². The Kier molecular flexibility index (Phi) is 4.74. The number of para-hydroxylation sites is 1. The molecule has 0 atom stereocenters. The van der Waals surface area contributed by atoms with Crippen LogP contribution in [0.3, 0.4) is 0 Å². The second-order valence-corrected chi connectivity index (χ2v) is 4.93. The summed E-state index contributed by atoms with van der Waals surface area (Å²) >= 11 is 0. The summed E-state index contributed by atoms with van der Waals surface area (Å²) in [6, 6.07) is 4.56. The maximum Gasteiger partial charge on any atom is 0.311 e. The minimum Gasteiger partial charge on any atom is -0.490 e. The molecule has 1 saturated heterocycles. The van der Waals surface area contributed by atoms with Crippen LogP contribution in [0.5, 0.6) is 5.75 Å². The summed E-state index contributed by atoms with van der Waals surface area (Å²) in [6.07, 6.45) is 0.833. The number of hydrogen-bond acceptors (Lipinski definition) is 5. The first-order valence-electron chi connectivity index (χ1n) is 6.93. The third kappa shape index (κ3) is 2.97. The van der Waals surface area contributed by atoms with Gasteiger partial charge < -0.3 is 15.0 Å². The van der Waals surface area contributed by atoms with E-state index < -0.39 is 4.92 Å². The quantitative estimate of drug-likeness (QED) is 0.633. The number of rotatable bonds is 6. The number of benzene rings is 1. The molecule has 0 aliphatic carbocycles. The van der Waals surface area contributed by atoms with Gasteiger partial charge in [0.1, 0.15) is 0 Å². The number of carbonyl (C=O) groups excluding carboxylic acids is 1. The minimum atomic E-state index is -0.537. The monoisotopic (exact) mass is 293 g/mol. The molecule has 1 amide bonds. The highest BCUT2D eigenvalue weighted by Gasteiger charge is 2.32. The number of nitro benzene ring substituents is 1. The van der Waals surface area contributed by atoms with E-state index in [1.807, 2.05) is 6.92 Å². The average molecular weight is 293 g/mol. The molecule has 1 fully saturated rings. The van der Waals surface area contributed by atoms with Crippen LogP contribution in [0.4, 0.5) is 5.69 Å². The number of carbonyl (C=O) groups is 1. The molecular weight excluding hydrogens is 274 g/mol. The van der Waals surface area contributed by atoms with Crippen molar-refractivity contribution in [2.45, 2.75) is 19.4 Å². The summed E-state index contributed by atoms with van der Waals surface area (Å²) in [5, 5.41) is 14.2. The van der Waals surface area contributed by atoms with E-state index in [2.05, 4.69) is 5.32 Å². The van der Waals surface area contributed by atoms with Crippen molar-refractivity contribution in [2.75, 3.05) is 26.7 Å². The van der Waals surface area contributed by atoms with Gasteiger partial charge in [-0.2, -0.15) is 0 Å². The molecule has 7 heteroatoms. The van der Waals surface area contributed by atoms with Crippen LogP contribution >= 0.6 is 0 Å². The number of nitrogens with zero attached hydrogens (tertiary/aromatic N) is 2. The van der Waals surface area contributed by atoms with Crippen LogP contribution < -0.4 is 10.1 Å². The summed E-state index contributed by atoms with van der Waals surface area (Å²) in [5.41, 5.74) is 0.0542. The lowest BCUT2D eigenvalue weighted by Gasteiger charge is -2.38. The van der Waals surface area contributed by atoms with Crippen LogP contribution in [0.15, 0.2) is 18.2 Å². The largest absolute Gasteiger partial charge is 0.490 e. The van der Waals surface area contributed by atoms with Crippen LogP contribution in [0.25, 0.3) is 0 Å². The first-order chi connectivity index (χ1) is 10.1. The Morgan fingerprint density at radius 1 is 1.52 bits per heavy atom. The van der Waals surface area contributed by atoms with E-state index >= 15 is 0 Å². The fraction of sp³-hybridized carbons (Fsp3) is 0.500. The highest BCUT2D eigenvalue weighted by molar-refractivity contribution is 5.98. The lowest BCUT2D eigenvalue weighted by molar-refractivity contribution is -0.385. The molecule has 0 unspecified atom stereocenters. The van der Waals surface area contributed by atoms with Crippen LogP contribution in [0, 0.1) is 10.1 Å². The van der Waals surface area contributed by atoms with Gasteiger partial charge in [0.2, 0.25) is 5.75 Å². The maximum absolute atomic E-state index is 12.7. The molecule has 1 aliphatic heterocycles. The molecule has 0 bridgehead atoms. The zero-order chi connectivity index (χ0) is 15.4. The molecule has 21 heavy (non-hydrogen) atoms. The molecule has 0 radical (unpaired) electrons. The van der Waals surface area contributed by atoms with E-state index in [0.717, 1.165) is 19.5 Å². The zero-order valence-electron chi connectivity index (χ0n) is 12.2. The average Bonchev–Trinajstić information content (AvgIpc) is 2.43. The Balaban J connectivity index is 2.36. The summed E-state index contributed by atoms with van der Waals surface area (Å²) in [5.74, 6) is -0.190. The SMILES string of the molecule is CCCN(C(=O)c1cccc([N+](=O)[O-])c1OC)C1CNC1. The molecule has 2 rings (SSSR count). The summed E-state index contributed by atoms with van der Waals surface area (Å²) in [4.78, 5) is 25.0. The van der Waals surface area contributed by atoms with Gasteiger partial charge >= 0.3 is 5.69 Å². The smallest absolute Gasteiger partial charge is 0.311 e. The second kappa shape index (κ2) is 6.53. The summed E-state index contributed by atoms with van der Waals surface area (Å²) in [7, 11) is 1.34. The highest BCUT2D eigenvalue weighted by Crippen LogP contribution is 2.31. The van der Waals surface area contributed by atoms with Crippen molar-refractivity contribution >= 4 is 11.6 Å². The molecule has 0 aromatic heterocycles. The fourth-order valence-corrected chi connectivity index (χ4v) is 2.39. The molecule has 114 valence electrons. The summed E-state index contributed by atoms with van der Waals surface area (Å²) in [6.45, 7) is 4.13. The number of hydrogen-bond donors (Lipinski definition) is 1. The number of nitro groups is 1. The summed E-state index contributed by atoms with van der Waals surface area (Å²) < 4.78 is 5.11. The lowest BCUT2D eigenvalue weighted by atomic mass is 10.1. The Morgan fingerprint density at radius 3 is 2.71 bits per heavy atom. The minimum absolute atomic E-state index is 0.0286. The van der Waals surface area contributed by atoms with Gasteiger partial charge in [-0.25, -0.2) is 0 Å². The molecule has 1 aromatic rings. The number of methoxy groups -OCH3 is 1. The van der Waals surface area contributed by atoms with Gasteiger partial charge in [0, 0.05) is 25.7 Å². The Hall–Kier alpha value is -2.15. The third-order valence-corrected chi connectivity index (χ3v) is 3.55. The van der Waals surface area contributed by atoms with Gasteiger partial charge in [0.05, 0.1) is 23.6 Å². The standard InChI is InChI=1S/C14H19N3O4/c1-3-7-16(10-8-15-9-10)14(18)11-5-4-6-12(17(19)20)13(11)21-2/h4-6,10,15H,3,7-9H2,1-2H3. The van der Waals surface area contributed by atoms with Gasteiger partial charge in [-0.05, 0) is 12.5 Å². The van der Waals surface area contributed by atoms with Crippen molar-refractivity contribution in [3.05, 3.63) is 33.9 Å². The van der Waals surface area contributed by atoms with Gasteiger partial charge in [0.15, 0.2) is 0 Å². The topological polar surface area (TPSA) is 84.7 Å². The van der Waals surface area contributed by atoms with E-state index in [4.69, 9.17) is 4.74 Å². The predicted octanol–water partition coefficient (Wildman–Crippen LogP) is 1.43. The predicted molar refractivity (Wildman–Crippen MR) is 77.6 cm³/mol. The third-order valence-electron chi connectivity index (χ3n) is 3.55. The van der Waals surface area contributed by atoms with Crippen LogP contribution in [0.2, 0.25) is 0 Å². The van der Waals surface area contributed by atoms with Crippen LogP contribution in [-0.2, 0) is 0 Å². The molecular formula is C14H19N3O4. The molecule has 7 nitrogen and oxygen atoms in total. The van der Waals surface area contributed by atoms with E-state index in [9.17, 15) is 14.9 Å². The second-order valence-electron chi connectivity index (χ2n) is 4.93.